The number of nitrogens with zero attached hydrogens (tertiary/aromatic N) is 1. The molecule has 3 aromatic carbocycles. The zero-order valence-corrected chi connectivity index (χ0v) is 17.9. The number of aromatic nitrogens is 1. The summed E-state index contributed by atoms with van der Waals surface area (Å²) in [4.78, 5) is 26.1. The number of nitrogens with one attached hydrogen (secondary N) is 1. The molecule has 0 aliphatic rings. The van der Waals surface area contributed by atoms with E-state index in [1.807, 2.05) is 49.4 Å². The summed E-state index contributed by atoms with van der Waals surface area (Å²) in [5.41, 5.74) is 3.46. The van der Waals surface area contributed by atoms with Crippen LogP contribution in [0.3, 0.4) is 0 Å². The van der Waals surface area contributed by atoms with Gasteiger partial charge in [0.25, 0.3) is 5.91 Å². The Bertz CT molecular complexity index is 1260. The predicted molar refractivity (Wildman–Crippen MR) is 123 cm³/mol. The van der Waals surface area contributed by atoms with Crippen molar-refractivity contribution in [3.63, 3.8) is 0 Å². The highest BCUT2D eigenvalue weighted by Crippen LogP contribution is 2.31. The van der Waals surface area contributed by atoms with Gasteiger partial charge < -0.3 is 10.1 Å². The Balaban J connectivity index is 1.77. The minimum Gasteiger partial charge on any atom is -0.497 e. The van der Waals surface area contributed by atoms with Crippen molar-refractivity contribution in [3.05, 3.63) is 94.6 Å². The second-order valence-corrected chi connectivity index (χ2v) is 7.62. The van der Waals surface area contributed by atoms with E-state index in [1.165, 1.54) is 0 Å². The molecule has 4 aromatic rings. The number of carbonyl (C=O) groups excluding carboxylic acids is 2. The number of halogens is 1. The summed E-state index contributed by atoms with van der Waals surface area (Å²) in [5.74, 6) is 0.322. The number of anilines is 1. The number of amides is 1. The van der Waals surface area contributed by atoms with Crippen molar-refractivity contribution in [3.8, 4) is 5.75 Å². The van der Waals surface area contributed by atoms with Crippen LogP contribution in [0.1, 0.15) is 21.6 Å². The summed E-state index contributed by atoms with van der Waals surface area (Å²) in [7, 11) is 1.59. The maximum atomic E-state index is 13.3. The molecule has 156 valence electrons. The largest absolute Gasteiger partial charge is 0.497 e. The maximum Gasteiger partial charge on any atom is 0.262 e. The summed E-state index contributed by atoms with van der Waals surface area (Å²) < 4.78 is 7.02. The monoisotopic (exact) mass is 432 g/mol. The number of fused-ring (bicyclic) bond motifs is 1. The normalized spacial score (nSPS) is 10.8. The highest BCUT2D eigenvalue weighted by molar-refractivity contribution is 6.30. The third-order valence-electron chi connectivity index (χ3n) is 5.23. The highest BCUT2D eigenvalue weighted by Gasteiger charge is 2.22. The Morgan fingerprint density at radius 1 is 1.00 bits per heavy atom. The van der Waals surface area contributed by atoms with Crippen LogP contribution in [0.15, 0.2) is 72.8 Å². The van der Waals surface area contributed by atoms with Gasteiger partial charge in [-0.2, -0.15) is 0 Å². The van der Waals surface area contributed by atoms with Gasteiger partial charge in [0.05, 0.1) is 19.0 Å². The lowest BCUT2D eigenvalue weighted by Gasteiger charge is -2.08. The van der Waals surface area contributed by atoms with Crippen LogP contribution in [-0.4, -0.2) is 23.5 Å². The summed E-state index contributed by atoms with van der Waals surface area (Å²) in [5, 5.41) is 4.28. The number of methoxy groups -OCH3 is 1. The number of carbonyl (C=O) groups is 2. The second-order valence-electron chi connectivity index (χ2n) is 7.19. The van der Waals surface area contributed by atoms with E-state index in [0.717, 1.165) is 22.2 Å². The van der Waals surface area contributed by atoms with Crippen molar-refractivity contribution < 1.29 is 14.3 Å². The Morgan fingerprint density at radius 2 is 1.71 bits per heavy atom. The van der Waals surface area contributed by atoms with Crippen molar-refractivity contribution in [1.82, 2.24) is 4.57 Å². The number of para-hydroxylation sites is 1. The fourth-order valence-electron chi connectivity index (χ4n) is 3.68. The maximum absolute atomic E-state index is 13.3. The minimum absolute atomic E-state index is 0.130. The molecular formula is C25H21ClN2O3. The quantitative estimate of drug-likeness (QED) is 0.454. The molecule has 1 amide bonds. The van der Waals surface area contributed by atoms with E-state index >= 15 is 0 Å². The molecule has 1 N–H and O–H groups in total. The topological polar surface area (TPSA) is 60.3 Å². The van der Waals surface area contributed by atoms with Gasteiger partial charge in [0, 0.05) is 27.4 Å². The van der Waals surface area contributed by atoms with Crippen LogP contribution in [0.25, 0.3) is 10.9 Å². The van der Waals surface area contributed by atoms with Crippen LogP contribution in [0, 0.1) is 6.92 Å². The van der Waals surface area contributed by atoms with Crippen molar-refractivity contribution in [2.24, 2.45) is 0 Å². The van der Waals surface area contributed by atoms with Gasteiger partial charge in [-0.1, -0.05) is 29.8 Å². The van der Waals surface area contributed by atoms with Gasteiger partial charge >= 0.3 is 0 Å². The first kappa shape index (κ1) is 20.7. The molecule has 0 bridgehead atoms. The molecule has 0 unspecified atom stereocenters. The molecule has 0 radical (unpaired) electrons. The SMILES string of the molecule is COc1ccc2c(c1)c(CC(=O)Nc1ccccc1)c(C)n2C(=O)c1ccc(Cl)cc1. The summed E-state index contributed by atoms with van der Waals surface area (Å²) in [6.45, 7) is 1.85. The molecule has 0 atom stereocenters. The van der Waals surface area contributed by atoms with Crippen molar-refractivity contribution >= 4 is 40.0 Å². The molecule has 31 heavy (non-hydrogen) atoms. The Morgan fingerprint density at radius 3 is 2.39 bits per heavy atom. The molecule has 6 heteroatoms. The van der Waals surface area contributed by atoms with Crippen LogP contribution in [0.4, 0.5) is 5.69 Å². The first-order chi connectivity index (χ1) is 15.0. The molecule has 0 saturated heterocycles. The van der Waals surface area contributed by atoms with Gasteiger partial charge in [0.2, 0.25) is 5.91 Å². The van der Waals surface area contributed by atoms with E-state index in [1.54, 1.807) is 42.0 Å². The van der Waals surface area contributed by atoms with E-state index in [4.69, 9.17) is 16.3 Å². The molecule has 5 nitrogen and oxygen atoms in total. The van der Waals surface area contributed by atoms with Gasteiger partial charge in [-0.3, -0.25) is 14.2 Å². The number of ether oxygens (including phenoxy) is 1. The molecule has 0 spiro atoms. The van der Waals surface area contributed by atoms with E-state index < -0.39 is 0 Å². The van der Waals surface area contributed by atoms with Crippen LogP contribution >= 0.6 is 11.6 Å². The Kier molecular flexibility index (Phi) is 5.78. The summed E-state index contributed by atoms with van der Waals surface area (Å²) in [6, 6.07) is 21.6. The fourth-order valence-corrected chi connectivity index (χ4v) is 3.81. The summed E-state index contributed by atoms with van der Waals surface area (Å²) >= 11 is 5.97. The molecule has 0 fully saturated rings. The number of benzene rings is 3. The molecule has 1 aromatic heterocycles. The van der Waals surface area contributed by atoms with Crippen molar-refractivity contribution in [2.45, 2.75) is 13.3 Å². The first-order valence-electron chi connectivity index (χ1n) is 9.81. The van der Waals surface area contributed by atoms with Gasteiger partial charge in [-0.25, -0.2) is 0 Å². The van der Waals surface area contributed by atoms with Crippen LogP contribution in [0.5, 0.6) is 5.75 Å². The van der Waals surface area contributed by atoms with Crippen LogP contribution in [-0.2, 0) is 11.2 Å². The van der Waals surface area contributed by atoms with E-state index in [-0.39, 0.29) is 18.2 Å². The van der Waals surface area contributed by atoms with Crippen molar-refractivity contribution in [2.75, 3.05) is 12.4 Å². The number of hydrogen-bond donors (Lipinski definition) is 1. The molecule has 1 heterocycles. The molecule has 0 aliphatic carbocycles. The van der Waals surface area contributed by atoms with Gasteiger partial charge in [-0.05, 0) is 67.1 Å². The second kappa shape index (κ2) is 8.66. The lowest BCUT2D eigenvalue weighted by Crippen LogP contribution is -2.16. The Labute approximate surface area is 185 Å². The average Bonchev–Trinajstić information content (AvgIpc) is 3.05. The molecule has 0 aliphatic heterocycles. The summed E-state index contributed by atoms with van der Waals surface area (Å²) in [6.07, 6.45) is 0.130. The lowest BCUT2D eigenvalue weighted by molar-refractivity contribution is -0.115. The number of hydrogen-bond acceptors (Lipinski definition) is 3. The highest BCUT2D eigenvalue weighted by atomic mass is 35.5. The molecule has 4 rings (SSSR count). The van der Waals surface area contributed by atoms with Gasteiger partial charge in [0.15, 0.2) is 0 Å². The van der Waals surface area contributed by atoms with E-state index in [2.05, 4.69) is 5.32 Å². The zero-order valence-electron chi connectivity index (χ0n) is 17.2. The first-order valence-corrected chi connectivity index (χ1v) is 10.2. The fraction of sp³-hybridized carbons (Fsp3) is 0.120. The molecular weight excluding hydrogens is 412 g/mol. The third-order valence-corrected chi connectivity index (χ3v) is 5.48. The zero-order chi connectivity index (χ0) is 22.0. The third kappa shape index (κ3) is 4.18. The standard InChI is InChI=1S/C25H21ClN2O3/c1-16-21(15-24(29)27-19-6-4-3-5-7-19)22-14-20(31-2)12-13-23(22)28(16)25(30)17-8-10-18(26)11-9-17/h3-14H,15H2,1-2H3,(H,27,29). The smallest absolute Gasteiger partial charge is 0.262 e. The van der Waals surface area contributed by atoms with E-state index in [9.17, 15) is 9.59 Å². The Hall–Kier alpha value is -3.57. The predicted octanol–water partition coefficient (Wildman–Crippen LogP) is 5.48. The average molecular weight is 433 g/mol. The van der Waals surface area contributed by atoms with Gasteiger partial charge in [-0.15, -0.1) is 0 Å². The van der Waals surface area contributed by atoms with E-state index in [0.29, 0.717) is 22.0 Å². The van der Waals surface area contributed by atoms with Crippen LogP contribution < -0.4 is 10.1 Å². The van der Waals surface area contributed by atoms with Crippen molar-refractivity contribution in [1.29, 1.82) is 0 Å². The molecule has 0 saturated carbocycles. The van der Waals surface area contributed by atoms with Gasteiger partial charge in [0.1, 0.15) is 5.75 Å². The number of rotatable bonds is 5. The minimum atomic E-state index is -0.181. The lowest BCUT2D eigenvalue weighted by atomic mass is 10.1. The van der Waals surface area contributed by atoms with Crippen LogP contribution in [0.2, 0.25) is 5.02 Å².